The molecule has 0 spiro atoms. The molecule has 0 radical (unpaired) electrons. The summed E-state index contributed by atoms with van der Waals surface area (Å²) in [6.45, 7) is 17.6. The molecule has 6 aliphatic rings. The van der Waals surface area contributed by atoms with Crippen LogP contribution in [-0.2, 0) is 71.3 Å². The monoisotopic (exact) mass is 1050 g/mol. The molecular weight excluding hydrogens is 969 g/mol. The first-order valence-corrected chi connectivity index (χ1v) is 28.0. The molecule has 16 atom stereocenters. The number of hydrogen-bond donors (Lipinski definition) is 0. The van der Waals surface area contributed by atoms with Gasteiger partial charge in [0.2, 0.25) is 0 Å². The lowest BCUT2D eigenvalue weighted by Gasteiger charge is -2.43. The molecule has 0 saturated carbocycles. The van der Waals surface area contributed by atoms with Gasteiger partial charge in [0.1, 0.15) is 49.8 Å². The van der Waals surface area contributed by atoms with Crippen molar-refractivity contribution in [2.24, 2.45) is 59.2 Å². The predicted octanol–water partition coefficient (Wildman–Crippen LogP) is 9.78. The highest BCUT2D eigenvalue weighted by molar-refractivity contribution is 5.73. The number of allylic oxidation sites excluding steroid dienone is 6. The fraction of sp³-hybridized carbons (Fsp3) is 0.759. The highest BCUT2D eigenvalue weighted by Gasteiger charge is 2.44. The third kappa shape index (κ3) is 18.2. The Bertz CT molecular complexity index is 1890. The van der Waals surface area contributed by atoms with E-state index >= 15 is 0 Å². The van der Waals surface area contributed by atoms with Crippen molar-refractivity contribution >= 4 is 36.2 Å². The molecule has 2 fully saturated rings. The number of cyclic esters (lactones) is 2. The van der Waals surface area contributed by atoms with Gasteiger partial charge in [-0.05, 0) is 98.0 Å². The van der Waals surface area contributed by atoms with Crippen LogP contribution in [0.3, 0.4) is 0 Å². The first-order valence-electron chi connectivity index (χ1n) is 28.0. The van der Waals surface area contributed by atoms with E-state index in [1.807, 2.05) is 27.7 Å². The van der Waals surface area contributed by atoms with Gasteiger partial charge in [0.05, 0.1) is 64.3 Å². The highest BCUT2D eigenvalue weighted by Crippen LogP contribution is 2.47. The number of ether oxygens (including phenoxy) is 11. The van der Waals surface area contributed by atoms with Crippen LogP contribution in [0.4, 0.5) is 9.59 Å². The maximum atomic E-state index is 12.9. The van der Waals surface area contributed by atoms with E-state index in [0.717, 1.165) is 38.5 Å². The number of fused-ring (bicyclic) bond motifs is 2. The van der Waals surface area contributed by atoms with Crippen molar-refractivity contribution in [2.75, 3.05) is 52.9 Å². The van der Waals surface area contributed by atoms with E-state index in [1.54, 1.807) is 0 Å². The molecule has 17 heteroatoms. The molecule has 17 nitrogen and oxygen atoms in total. The third-order valence-electron chi connectivity index (χ3n) is 16.0. The number of carbonyl (C=O) groups excluding carboxylic acids is 6. The fourth-order valence-corrected chi connectivity index (χ4v) is 11.5. The summed E-state index contributed by atoms with van der Waals surface area (Å²) in [5.74, 6) is 0.1000. The van der Waals surface area contributed by atoms with Gasteiger partial charge in [-0.3, -0.25) is 19.2 Å². The van der Waals surface area contributed by atoms with Gasteiger partial charge < -0.3 is 52.1 Å². The second kappa shape index (κ2) is 29.7. The molecule has 0 bridgehead atoms. The van der Waals surface area contributed by atoms with Crippen LogP contribution >= 0.6 is 0 Å². The lowest BCUT2D eigenvalue weighted by molar-refractivity contribution is -0.163. The van der Waals surface area contributed by atoms with Crippen LogP contribution in [0.2, 0.25) is 0 Å². The maximum Gasteiger partial charge on any atom is 0.508 e. The fourth-order valence-electron chi connectivity index (χ4n) is 11.5. The average molecular weight is 1060 g/mol. The number of carbonyl (C=O) groups is 6. The minimum atomic E-state index is -0.879. The van der Waals surface area contributed by atoms with Gasteiger partial charge in [0.25, 0.3) is 0 Å². The Labute approximate surface area is 444 Å². The van der Waals surface area contributed by atoms with E-state index < -0.39 is 48.7 Å². The van der Waals surface area contributed by atoms with Gasteiger partial charge in [-0.1, -0.05) is 91.8 Å². The summed E-state index contributed by atoms with van der Waals surface area (Å²) in [4.78, 5) is 76.0. The average Bonchev–Trinajstić information content (AvgIpc) is 3.36. The summed E-state index contributed by atoms with van der Waals surface area (Å²) in [5, 5.41) is 0. The summed E-state index contributed by atoms with van der Waals surface area (Å²) in [7, 11) is 0. The van der Waals surface area contributed by atoms with Crippen LogP contribution in [-0.4, -0.2) is 126 Å². The Morgan fingerprint density at radius 3 is 1.28 bits per heavy atom. The standard InChI is InChI=1S/C58H86O17/c1-9-37(5)55(61)74-49-29-35(3)27-41-13-11-39(7)47(53(41)49)17-15-43-31-45(33-51(59)70-43)72-57(63)68-25-23-66-21-19-65-20-22-67-24-26-69-58(64)73-46-32-44(71-52(60)34-46)16-18-48-40(8)12-14-42-28-36(4)30-50(54(42)48)75-56(62)38(6)10-2/h11-14,27-28,35-40,43-50,53-54H,9-10,15-26,29-34H2,1-8H3. The largest absolute Gasteiger partial charge is 0.508 e. The van der Waals surface area contributed by atoms with E-state index in [-0.39, 0.29) is 137 Å². The van der Waals surface area contributed by atoms with E-state index in [4.69, 9.17) is 52.1 Å². The molecule has 4 aliphatic carbocycles. The van der Waals surface area contributed by atoms with E-state index in [9.17, 15) is 28.8 Å². The SMILES string of the molecule is CCC(C)C(=O)OC1CC(C)C=C2C=CC(C)C(CCC3CC(OC(=O)OCCOCCOCCOCCOC(=O)OC4CC(=O)OC(CCC5C(C)C=CC6=CC(C)CC(OC(=O)C(C)CC)C65)C4)CC(=O)O3)C21. The summed E-state index contributed by atoms with van der Waals surface area (Å²) in [6.07, 6.45) is 15.3. The molecule has 16 unspecified atom stereocenters. The Morgan fingerprint density at radius 1 is 0.533 bits per heavy atom. The third-order valence-corrected chi connectivity index (χ3v) is 16.0. The molecule has 0 aromatic rings. The van der Waals surface area contributed by atoms with Crippen molar-refractivity contribution in [1.29, 1.82) is 0 Å². The smallest absolute Gasteiger partial charge is 0.462 e. The normalized spacial score (nSPS) is 31.9. The number of hydrogen-bond acceptors (Lipinski definition) is 17. The van der Waals surface area contributed by atoms with Gasteiger partial charge >= 0.3 is 36.2 Å². The topological polar surface area (TPSA) is 204 Å². The van der Waals surface area contributed by atoms with Crippen molar-refractivity contribution < 1.29 is 80.9 Å². The minimum absolute atomic E-state index is 0.0430. The second-order valence-corrected chi connectivity index (χ2v) is 21.9. The van der Waals surface area contributed by atoms with Gasteiger partial charge in [0.15, 0.2) is 0 Å². The van der Waals surface area contributed by atoms with Crippen molar-refractivity contribution in [2.45, 2.75) is 169 Å². The summed E-state index contributed by atoms with van der Waals surface area (Å²) in [6, 6.07) is 0. The van der Waals surface area contributed by atoms with Crippen LogP contribution in [0.1, 0.15) is 132 Å². The van der Waals surface area contributed by atoms with E-state index in [2.05, 4.69) is 64.2 Å². The van der Waals surface area contributed by atoms with E-state index in [0.29, 0.717) is 37.5 Å². The zero-order valence-corrected chi connectivity index (χ0v) is 45.8. The van der Waals surface area contributed by atoms with Crippen LogP contribution in [0.25, 0.3) is 0 Å². The van der Waals surface area contributed by atoms with Gasteiger partial charge in [0, 0.05) is 24.7 Å². The Balaban J connectivity index is 0.783. The van der Waals surface area contributed by atoms with Gasteiger partial charge in [-0.25, -0.2) is 9.59 Å². The molecule has 0 aromatic carbocycles. The number of esters is 4. The van der Waals surface area contributed by atoms with Crippen molar-refractivity contribution in [3.8, 4) is 0 Å². The van der Waals surface area contributed by atoms with Crippen LogP contribution in [0.15, 0.2) is 47.6 Å². The van der Waals surface area contributed by atoms with Crippen molar-refractivity contribution in [1.82, 2.24) is 0 Å². The van der Waals surface area contributed by atoms with Crippen LogP contribution < -0.4 is 0 Å². The lowest BCUT2D eigenvalue weighted by Crippen LogP contribution is -2.42. The molecule has 75 heavy (non-hydrogen) atoms. The highest BCUT2D eigenvalue weighted by atomic mass is 16.7. The second-order valence-electron chi connectivity index (χ2n) is 21.9. The Hall–Kier alpha value is -4.74. The van der Waals surface area contributed by atoms with Crippen LogP contribution in [0.5, 0.6) is 0 Å². The maximum absolute atomic E-state index is 12.9. The van der Waals surface area contributed by atoms with Crippen molar-refractivity contribution in [3.05, 3.63) is 47.6 Å². The lowest BCUT2D eigenvalue weighted by atomic mass is 9.65. The van der Waals surface area contributed by atoms with Gasteiger partial charge in [-0.2, -0.15) is 0 Å². The molecule has 0 aromatic heterocycles. The summed E-state index contributed by atoms with van der Waals surface area (Å²) < 4.78 is 61.7. The first kappa shape index (κ1) is 59.5. The van der Waals surface area contributed by atoms with Crippen molar-refractivity contribution in [3.63, 3.8) is 0 Å². The molecule has 420 valence electrons. The first-order chi connectivity index (χ1) is 36.0. The summed E-state index contributed by atoms with van der Waals surface area (Å²) in [5.41, 5.74) is 2.40. The van der Waals surface area contributed by atoms with Gasteiger partial charge in [-0.15, -0.1) is 0 Å². The predicted molar refractivity (Wildman–Crippen MR) is 275 cm³/mol. The molecule has 2 heterocycles. The molecule has 0 N–H and O–H groups in total. The molecular formula is C58H86O17. The molecule has 6 rings (SSSR count). The van der Waals surface area contributed by atoms with Crippen LogP contribution in [0, 0.1) is 59.2 Å². The minimum Gasteiger partial charge on any atom is -0.462 e. The molecule has 0 amide bonds. The quantitative estimate of drug-likeness (QED) is 0.0449. The molecule has 2 saturated heterocycles. The zero-order valence-electron chi connectivity index (χ0n) is 45.8. The summed E-state index contributed by atoms with van der Waals surface area (Å²) >= 11 is 0. The zero-order chi connectivity index (χ0) is 54.0. The Kier molecular flexibility index (Phi) is 23.6. The number of rotatable bonds is 26. The molecule has 2 aliphatic heterocycles. The Morgan fingerprint density at radius 2 is 0.907 bits per heavy atom. The van der Waals surface area contributed by atoms with E-state index in [1.165, 1.54) is 11.1 Å².